The van der Waals surface area contributed by atoms with Crippen LogP contribution in [0.5, 0.6) is 0 Å². The molecule has 0 amide bonds. The lowest BCUT2D eigenvalue weighted by atomic mass is 10.1. The molecule has 5 nitrogen and oxygen atoms in total. The van der Waals surface area contributed by atoms with Gasteiger partial charge in [-0.05, 0) is 55.3 Å². The molecule has 0 fully saturated rings. The average molecular weight is 347 g/mol. The molecule has 1 aromatic carbocycles. The molecule has 2 aromatic rings. The van der Waals surface area contributed by atoms with Gasteiger partial charge in [-0.15, -0.1) is 0 Å². The first-order valence-electron chi connectivity index (χ1n) is 7.88. The van der Waals surface area contributed by atoms with Crippen LogP contribution in [0.3, 0.4) is 0 Å². The lowest BCUT2D eigenvalue weighted by molar-refractivity contribution is -0.107. The van der Waals surface area contributed by atoms with Crippen LogP contribution in [0.4, 0.5) is 5.69 Å². The van der Waals surface area contributed by atoms with Gasteiger partial charge in [0.2, 0.25) is 0 Å². The maximum Gasteiger partial charge on any atom is 0.124 e. The van der Waals surface area contributed by atoms with E-state index in [1.807, 2.05) is 37.5 Å². The van der Waals surface area contributed by atoms with E-state index in [1.165, 1.54) is 5.56 Å². The SMILES string of the molecule is CCc1cccnc1.CNc1ccc(S(=O)NC)cc1CCC=O. The highest BCUT2D eigenvalue weighted by atomic mass is 32.2. The van der Waals surface area contributed by atoms with Gasteiger partial charge in [-0.2, -0.15) is 0 Å². The zero-order chi connectivity index (χ0) is 17.8. The Morgan fingerprint density at radius 1 is 1.25 bits per heavy atom. The summed E-state index contributed by atoms with van der Waals surface area (Å²) < 4.78 is 14.2. The predicted octanol–water partition coefficient (Wildman–Crippen LogP) is 2.75. The minimum absolute atomic E-state index is 0.477. The highest BCUT2D eigenvalue weighted by molar-refractivity contribution is 7.83. The normalized spacial score (nSPS) is 11.1. The van der Waals surface area contributed by atoms with Gasteiger partial charge in [0.1, 0.15) is 17.3 Å². The maximum absolute atomic E-state index is 11.5. The molecule has 2 N–H and O–H groups in total. The van der Waals surface area contributed by atoms with Crippen LogP contribution in [0.1, 0.15) is 24.5 Å². The molecule has 130 valence electrons. The van der Waals surface area contributed by atoms with Gasteiger partial charge in [-0.1, -0.05) is 13.0 Å². The molecule has 1 unspecified atom stereocenters. The van der Waals surface area contributed by atoms with Crippen molar-refractivity contribution in [2.24, 2.45) is 0 Å². The summed E-state index contributed by atoms with van der Waals surface area (Å²) in [5.74, 6) is 0. The van der Waals surface area contributed by atoms with Crippen LogP contribution in [0.25, 0.3) is 0 Å². The van der Waals surface area contributed by atoms with Gasteiger partial charge >= 0.3 is 0 Å². The second-order valence-corrected chi connectivity index (χ2v) is 6.38. The van der Waals surface area contributed by atoms with Gasteiger partial charge in [0.25, 0.3) is 0 Å². The minimum atomic E-state index is -1.18. The van der Waals surface area contributed by atoms with Gasteiger partial charge in [0.15, 0.2) is 0 Å². The van der Waals surface area contributed by atoms with Crippen molar-refractivity contribution in [3.63, 3.8) is 0 Å². The van der Waals surface area contributed by atoms with E-state index in [4.69, 9.17) is 0 Å². The molecule has 0 spiro atoms. The Hall–Kier alpha value is -2.05. The molecule has 24 heavy (non-hydrogen) atoms. The first kappa shape index (κ1) is 20.0. The van der Waals surface area contributed by atoms with E-state index >= 15 is 0 Å². The lowest BCUT2D eigenvalue weighted by Crippen LogP contribution is -2.11. The van der Waals surface area contributed by atoms with Crippen molar-refractivity contribution >= 4 is 23.0 Å². The highest BCUT2D eigenvalue weighted by Gasteiger charge is 2.06. The summed E-state index contributed by atoms with van der Waals surface area (Å²) in [6.07, 6.45) is 6.78. The second kappa shape index (κ2) is 11.5. The molecule has 0 aliphatic rings. The molecular formula is C18H25N3O2S. The summed E-state index contributed by atoms with van der Waals surface area (Å²) in [6, 6.07) is 9.58. The van der Waals surface area contributed by atoms with Crippen molar-refractivity contribution in [3.05, 3.63) is 53.9 Å². The quantitative estimate of drug-likeness (QED) is 0.756. The Bertz CT molecular complexity index is 648. The number of nitrogens with zero attached hydrogens (tertiary/aromatic N) is 1. The van der Waals surface area contributed by atoms with Gasteiger partial charge in [-0.3, -0.25) is 4.98 Å². The van der Waals surface area contributed by atoms with Crippen LogP contribution in [0.15, 0.2) is 47.6 Å². The summed E-state index contributed by atoms with van der Waals surface area (Å²) in [6.45, 7) is 2.12. The van der Waals surface area contributed by atoms with Crippen molar-refractivity contribution in [2.75, 3.05) is 19.4 Å². The Balaban J connectivity index is 0.000000300. The molecule has 0 aliphatic heterocycles. The number of aldehydes is 1. The third-order valence-corrected chi connectivity index (χ3v) is 4.46. The number of carbonyl (C=O) groups is 1. The topological polar surface area (TPSA) is 71.1 Å². The largest absolute Gasteiger partial charge is 0.388 e. The van der Waals surface area contributed by atoms with E-state index in [9.17, 15) is 9.00 Å². The van der Waals surface area contributed by atoms with E-state index in [0.29, 0.717) is 12.8 Å². The molecule has 0 radical (unpaired) electrons. The number of rotatable bonds is 7. The molecular weight excluding hydrogens is 322 g/mol. The number of carbonyl (C=O) groups excluding carboxylic acids is 1. The highest BCUT2D eigenvalue weighted by Crippen LogP contribution is 2.20. The minimum Gasteiger partial charge on any atom is -0.388 e. The van der Waals surface area contributed by atoms with Gasteiger partial charge in [0.05, 0.1) is 4.90 Å². The molecule has 0 saturated carbocycles. The van der Waals surface area contributed by atoms with E-state index < -0.39 is 11.0 Å². The van der Waals surface area contributed by atoms with Crippen molar-refractivity contribution < 1.29 is 9.00 Å². The summed E-state index contributed by atoms with van der Waals surface area (Å²) in [7, 11) is 2.29. The Kier molecular flexibility index (Phi) is 9.56. The number of aromatic nitrogens is 1. The summed E-state index contributed by atoms with van der Waals surface area (Å²) >= 11 is 0. The molecule has 1 atom stereocenters. The number of anilines is 1. The van der Waals surface area contributed by atoms with Crippen LogP contribution in [-0.2, 0) is 28.6 Å². The summed E-state index contributed by atoms with van der Waals surface area (Å²) in [5, 5.41) is 3.05. The van der Waals surface area contributed by atoms with Crippen molar-refractivity contribution in [1.82, 2.24) is 9.71 Å². The monoisotopic (exact) mass is 347 g/mol. The number of hydrogen-bond donors (Lipinski definition) is 2. The fourth-order valence-corrected chi connectivity index (χ4v) is 2.75. The number of nitrogens with one attached hydrogen (secondary N) is 2. The van der Waals surface area contributed by atoms with Crippen LogP contribution in [-0.4, -0.2) is 29.6 Å². The Labute approximate surface area is 146 Å². The third kappa shape index (κ3) is 6.60. The van der Waals surface area contributed by atoms with Crippen molar-refractivity contribution in [2.45, 2.75) is 31.1 Å². The summed E-state index contributed by atoms with van der Waals surface area (Å²) in [5.41, 5.74) is 3.28. The van der Waals surface area contributed by atoms with Crippen molar-refractivity contribution in [1.29, 1.82) is 0 Å². The maximum atomic E-state index is 11.5. The van der Waals surface area contributed by atoms with Crippen molar-refractivity contribution in [3.8, 4) is 0 Å². The number of benzene rings is 1. The zero-order valence-corrected chi connectivity index (χ0v) is 15.2. The van der Waals surface area contributed by atoms with Crippen LogP contribution >= 0.6 is 0 Å². The first-order valence-corrected chi connectivity index (χ1v) is 9.03. The van der Waals surface area contributed by atoms with Gasteiger partial charge in [-0.25, -0.2) is 8.93 Å². The first-order chi connectivity index (χ1) is 11.7. The molecule has 2 rings (SSSR count). The standard InChI is InChI=1S/C11H16N2O2S.C7H9N/c1-12-11-6-5-10(16(15)13-2)8-9(11)4-3-7-14;1-2-7-4-3-5-8-6-7/h5-8,12-13H,3-4H2,1-2H3;3-6H,2H2,1H3. The van der Waals surface area contributed by atoms with E-state index in [-0.39, 0.29) is 0 Å². The fourth-order valence-electron chi connectivity index (χ4n) is 2.08. The van der Waals surface area contributed by atoms with Gasteiger partial charge in [0, 0.05) is 31.5 Å². The van der Waals surface area contributed by atoms with E-state index in [1.54, 1.807) is 13.2 Å². The number of hydrogen-bond acceptors (Lipinski definition) is 4. The Morgan fingerprint density at radius 3 is 2.54 bits per heavy atom. The van der Waals surface area contributed by atoms with Gasteiger partial charge < -0.3 is 10.1 Å². The molecule has 0 aliphatic carbocycles. The van der Waals surface area contributed by atoms with Crippen LogP contribution in [0.2, 0.25) is 0 Å². The Morgan fingerprint density at radius 2 is 2.04 bits per heavy atom. The van der Waals surface area contributed by atoms with Crippen LogP contribution in [0, 0.1) is 0 Å². The molecule has 1 aromatic heterocycles. The smallest absolute Gasteiger partial charge is 0.124 e. The van der Waals surface area contributed by atoms with E-state index in [2.05, 4.69) is 28.0 Å². The summed E-state index contributed by atoms with van der Waals surface area (Å²) in [4.78, 5) is 15.0. The third-order valence-electron chi connectivity index (χ3n) is 3.41. The van der Waals surface area contributed by atoms with E-state index in [0.717, 1.165) is 28.9 Å². The lowest BCUT2D eigenvalue weighted by Gasteiger charge is -2.10. The molecule has 1 heterocycles. The predicted molar refractivity (Wildman–Crippen MR) is 99.5 cm³/mol. The fraction of sp³-hybridized carbons (Fsp3) is 0.333. The van der Waals surface area contributed by atoms with Crippen LogP contribution < -0.4 is 10.0 Å². The number of aryl methyl sites for hydroxylation is 2. The zero-order valence-electron chi connectivity index (χ0n) is 14.4. The molecule has 6 heteroatoms. The molecule has 0 saturated heterocycles. The second-order valence-electron chi connectivity index (χ2n) is 4.96. The number of pyridine rings is 1. The molecule has 0 bridgehead atoms. The average Bonchev–Trinajstić information content (AvgIpc) is 2.66.